The lowest BCUT2D eigenvalue weighted by molar-refractivity contribution is -0.273. The van der Waals surface area contributed by atoms with Crippen LogP contribution in [0.2, 0.25) is 0 Å². The van der Waals surface area contributed by atoms with Crippen molar-refractivity contribution in [3.8, 4) is 0 Å². The minimum atomic E-state index is -4.66. The molecular weight excluding hydrogens is 293 g/mol. The molecule has 7 heteroatoms. The standard InChI is InChI=1S/C14H16F5NO/c1-9(11-3-2-10(15)8-12(11)16)20-6-4-13(21,5-7-20)14(17,18)19/h2-3,8-9,21H,4-7H2,1H3. The number of rotatable bonds is 2. The fourth-order valence-electron chi connectivity index (χ4n) is 2.60. The Bertz CT molecular complexity index is 509. The first-order valence-electron chi connectivity index (χ1n) is 6.62. The first-order chi connectivity index (χ1) is 9.64. The average Bonchev–Trinajstić information content (AvgIpc) is 2.37. The van der Waals surface area contributed by atoms with Crippen LogP contribution in [-0.2, 0) is 0 Å². The summed E-state index contributed by atoms with van der Waals surface area (Å²) in [6.45, 7) is 1.64. The van der Waals surface area contributed by atoms with Crippen molar-refractivity contribution < 1.29 is 27.1 Å². The van der Waals surface area contributed by atoms with Gasteiger partial charge in [-0.1, -0.05) is 6.07 Å². The van der Waals surface area contributed by atoms with E-state index in [9.17, 15) is 27.1 Å². The maximum Gasteiger partial charge on any atom is 0.417 e. The van der Waals surface area contributed by atoms with E-state index < -0.39 is 42.3 Å². The second kappa shape index (κ2) is 5.53. The first-order valence-corrected chi connectivity index (χ1v) is 6.62. The third-order valence-electron chi connectivity index (χ3n) is 4.11. The lowest BCUT2D eigenvalue weighted by Crippen LogP contribution is -2.53. The lowest BCUT2D eigenvalue weighted by Gasteiger charge is -2.41. The van der Waals surface area contributed by atoms with E-state index >= 15 is 0 Å². The van der Waals surface area contributed by atoms with Gasteiger partial charge in [0.15, 0.2) is 5.60 Å². The van der Waals surface area contributed by atoms with Crippen LogP contribution in [0.3, 0.4) is 0 Å². The summed E-state index contributed by atoms with van der Waals surface area (Å²) >= 11 is 0. The second-order valence-corrected chi connectivity index (χ2v) is 5.41. The molecule has 1 aromatic carbocycles. The first kappa shape index (κ1) is 16.2. The van der Waals surface area contributed by atoms with Crippen LogP contribution in [0.25, 0.3) is 0 Å². The van der Waals surface area contributed by atoms with Crippen LogP contribution in [-0.4, -0.2) is 34.9 Å². The summed E-state index contributed by atoms with van der Waals surface area (Å²) in [6.07, 6.45) is -5.57. The van der Waals surface area contributed by atoms with E-state index in [1.165, 1.54) is 6.07 Å². The lowest BCUT2D eigenvalue weighted by atomic mass is 9.89. The Balaban J connectivity index is 2.08. The third-order valence-corrected chi connectivity index (χ3v) is 4.11. The van der Waals surface area contributed by atoms with Gasteiger partial charge < -0.3 is 5.11 Å². The van der Waals surface area contributed by atoms with Crippen LogP contribution in [0.5, 0.6) is 0 Å². The molecule has 1 saturated heterocycles. The van der Waals surface area contributed by atoms with Crippen LogP contribution in [0.1, 0.15) is 31.4 Å². The topological polar surface area (TPSA) is 23.5 Å². The molecule has 0 bridgehead atoms. The summed E-state index contributed by atoms with van der Waals surface area (Å²) in [7, 11) is 0. The molecule has 2 nitrogen and oxygen atoms in total. The van der Waals surface area contributed by atoms with Gasteiger partial charge in [0, 0.05) is 30.8 Å². The summed E-state index contributed by atoms with van der Waals surface area (Å²) in [5, 5.41) is 9.59. The van der Waals surface area contributed by atoms with Gasteiger partial charge in [0.2, 0.25) is 0 Å². The molecule has 1 aliphatic rings. The largest absolute Gasteiger partial charge is 0.417 e. The van der Waals surface area contributed by atoms with Gasteiger partial charge in [0.25, 0.3) is 0 Å². The third kappa shape index (κ3) is 3.18. The molecule has 0 aromatic heterocycles. The molecule has 1 heterocycles. The van der Waals surface area contributed by atoms with Gasteiger partial charge in [-0.2, -0.15) is 13.2 Å². The molecule has 1 atom stereocenters. The second-order valence-electron chi connectivity index (χ2n) is 5.41. The number of halogens is 5. The fraction of sp³-hybridized carbons (Fsp3) is 0.571. The van der Waals surface area contributed by atoms with E-state index in [0.29, 0.717) is 0 Å². The zero-order chi connectivity index (χ0) is 15.8. The van der Waals surface area contributed by atoms with Crippen molar-refractivity contribution in [1.82, 2.24) is 4.90 Å². The van der Waals surface area contributed by atoms with Gasteiger partial charge in [-0.05, 0) is 25.8 Å². The highest BCUT2D eigenvalue weighted by Gasteiger charge is 2.54. The number of hydrogen-bond acceptors (Lipinski definition) is 2. The van der Waals surface area contributed by atoms with E-state index in [1.54, 1.807) is 11.8 Å². The molecule has 21 heavy (non-hydrogen) atoms. The molecule has 0 saturated carbocycles. The van der Waals surface area contributed by atoms with Crippen LogP contribution in [0.15, 0.2) is 18.2 Å². The summed E-state index contributed by atoms with van der Waals surface area (Å²) in [4.78, 5) is 1.65. The molecule has 0 amide bonds. The SMILES string of the molecule is CC(c1ccc(F)cc1F)N1CCC(O)(C(F)(F)F)CC1. The molecule has 0 spiro atoms. The van der Waals surface area contributed by atoms with E-state index in [2.05, 4.69) is 0 Å². The highest BCUT2D eigenvalue weighted by molar-refractivity contribution is 5.22. The van der Waals surface area contributed by atoms with E-state index in [-0.39, 0.29) is 18.7 Å². The quantitative estimate of drug-likeness (QED) is 0.846. The minimum Gasteiger partial charge on any atom is -0.380 e. The van der Waals surface area contributed by atoms with Crippen LogP contribution < -0.4 is 0 Å². The summed E-state index contributed by atoms with van der Waals surface area (Å²) in [5.41, 5.74) is -2.45. The molecular formula is C14H16F5NO. The van der Waals surface area contributed by atoms with Crippen molar-refractivity contribution in [2.24, 2.45) is 0 Å². The average molecular weight is 309 g/mol. The molecule has 1 fully saturated rings. The van der Waals surface area contributed by atoms with E-state index in [0.717, 1.165) is 12.1 Å². The molecule has 1 aliphatic heterocycles. The maximum atomic E-state index is 13.7. The number of benzene rings is 1. The zero-order valence-corrected chi connectivity index (χ0v) is 11.4. The molecule has 118 valence electrons. The van der Waals surface area contributed by atoms with Crippen molar-refractivity contribution in [2.45, 2.75) is 37.6 Å². The Morgan fingerprint density at radius 3 is 2.24 bits per heavy atom. The van der Waals surface area contributed by atoms with Crippen molar-refractivity contribution in [1.29, 1.82) is 0 Å². The summed E-state index contributed by atoms with van der Waals surface area (Å²) in [6, 6.07) is 2.68. The van der Waals surface area contributed by atoms with Crippen LogP contribution in [0.4, 0.5) is 22.0 Å². The number of alkyl halides is 3. The van der Waals surface area contributed by atoms with Gasteiger partial charge in [-0.25, -0.2) is 8.78 Å². The number of aliphatic hydroxyl groups is 1. The van der Waals surface area contributed by atoms with Crippen LogP contribution in [0, 0.1) is 11.6 Å². The molecule has 1 unspecified atom stereocenters. The molecule has 0 radical (unpaired) electrons. The van der Waals surface area contributed by atoms with Gasteiger partial charge in [-0.3, -0.25) is 4.90 Å². The Morgan fingerprint density at radius 1 is 1.19 bits per heavy atom. The highest BCUT2D eigenvalue weighted by Crippen LogP contribution is 2.40. The van der Waals surface area contributed by atoms with Crippen molar-refractivity contribution in [3.63, 3.8) is 0 Å². The van der Waals surface area contributed by atoms with Gasteiger partial charge in [-0.15, -0.1) is 0 Å². The number of nitrogens with zero attached hydrogens (tertiary/aromatic N) is 1. The number of hydrogen-bond donors (Lipinski definition) is 1. The van der Waals surface area contributed by atoms with E-state index in [4.69, 9.17) is 0 Å². The Labute approximate surface area is 119 Å². The maximum absolute atomic E-state index is 13.7. The Morgan fingerprint density at radius 2 is 1.76 bits per heavy atom. The van der Waals surface area contributed by atoms with E-state index in [1.807, 2.05) is 0 Å². The van der Waals surface area contributed by atoms with Gasteiger partial charge >= 0.3 is 6.18 Å². The van der Waals surface area contributed by atoms with Gasteiger partial charge in [0.05, 0.1) is 0 Å². The van der Waals surface area contributed by atoms with Crippen molar-refractivity contribution in [3.05, 3.63) is 35.4 Å². The van der Waals surface area contributed by atoms with Crippen molar-refractivity contribution in [2.75, 3.05) is 13.1 Å². The Hall–Kier alpha value is -1.21. The monoisotopic (exact) mass is 309 g/mol. The predicted molar refractivity (Wildman–Crippen MR) is 66.6 cm³/mol. The Kier molecular flexibility index (Phi) is 4.26. The minimum absolute atomic E-state index is 0.00596. The molecule has 1 aromatic rings. The number of likely N-dealkylation sites (tertiary alicyclic amines) is 1. The fourth-order valence-corrected chi connectivity index (χ4v) is 2.60. The smallest absolute Gasteiger partial charge is 0.380 e. The summed E-state index contributed by atoms with van der Waals surface area (Å²) < 4.78 is 64.7. The molecule has 1 N–H and O–H groups in total. The zero-order valence-electron chi connectivity index (χ0n) is 11.4. The normalized spacial score (nSPS) is 21.3. The molecule has 0 aliphatic carbocycles. The number of piperidine rings is 1. The van der Waals surface area contributed by atoms with Crippen molar-refractivity contribution >= 4 is 0 Å². The summed E-state index contributed by atoms with van der Waals surface area (Å²) in [5.74, 6) is -1.42. The van der Waals surface area contributed by atoms with Crippen LogP contribution >= 0.6 is 0 Å². The highest BCUT2D eigenvalue weighted by atomic mass is 19.4. The molecule has 2 rings (SSSR count). The predicted octanol–water partition coefficient (Wildman–Crippen LogP) is 3.42. The van der Waals surface area contributed by atoms with Gasteiger partial charge in [0.1, 0.15) is 11.6 Å².